The maximum Gasteiger partial charge on any atom is 0.195 e. The van der Waals surface area contributed by atoms with E-state index in [1.54, 1.807) is 0 Å². The summed E-state index contributed by atoms with van der Waals surface area (Å²) < 4.78 is 5.74. The van der Waals surface area contributed by atoms with Gasteiger partial charge in [0, 0.05) is 19.4 Å². The SMILES string of the molecule is CCNCCc1ncc(CCC2CCCC2)o1. The van der Waals surface area contributed by atoms with Gasteiger partial charge in [-0.1, -0.05) is 32.6 Å². The first-order chi connectivity index (χ1) is 8.38. The van der Waals surface area contributed by atoms with E-state index in [2.05, 4.69) is 17.2 Å². The van der Waals surface area contributed by atoms with Crippen LogP contribution >= 0.6 is 0 Å². The molecule has 1 aliphatic carbocycles. The largest absolute Gasteiger partial charge is 0.446 e. The molecule has 0 radical (unpaired) electrons. The van der Waals surface area contributed by atoms with E-state index in [1.165, 1.54) is 32.1 Å². The highest BCUT2D eigenvalue weighted by Crippen LogP contribution is 2.28. The molecule has 0 atom stereocenters. The standard InChI is InChI=1S/C14H24N2O/c1-2-15-10-9-14-16-11-13(17-14)8-7-12-5-3-4-6-12/h11-12,15H,2-10H2,1H3. The van der Waals surface area contributed by atoms with Crippen LogP contribution in [0.1, 0.15) is 50.7 Å². The summed E-state index contributed by atoms with van der Waals surface area (Å²) in [6.45, 7) is 4.08. The highest BCUT2D eigenvalue weighted by molar-refractivity contribution is 4.95. The van der Waals surface area contributed by atoms with E-state index in [0.717, 1.165) is 43.5 Å². The molecule has 17 heavy (non-hydrogen) atoms. The molecule has 1 saturated carbocycles. The number of nitrogens with one attached hydrogen (secondary N) is 1. The Morgan fingerprint density at radius 1 is 1.35 bits per heavy atom. The number of hydrogen-bond acceptors (Lipinski definition) is 3. The minimum atomic E-state index is 0.882. The monoisotopic (exact) mass is 236 g/mol. The summed E-state index contributed by atoms with van der Waals surface area (Å²) in [5.41, 5.74) is 0. The molecule has 1 aliphatic rings. The highest BCUT2D eigenvalue weighted by Gasteiger charge is 2.15. The average molecular weight is 236 g/mol. The van der Waals surface area contributed by atoms with Crippen molar-refractivity contribution in [1.82, 2.24) is 10.3 Å². The van der Waals surface area contributed by atoms with E-state index < -0.39 is 0 Å². The summed E-state index contributed by atoms with van der Waals surface area (Å²) in [7, 11) is 0. The van der Waals surface area contributed by atoms with E-state index in [4.69, 9.17) is 4.42 Å². The molecule has 0 amide bonds. The van der Waals surface area contributed by atoms with Gasteiger partial charge >= 0.3 is 0 Å². The third-order valence-electron chi connectivity index (χ3n) is 3.64. The molecule has 0 saturated heterocycles. The lowest BCUT2D eigenvalue weighted by atomic mass is 10.0. The molecule has 0 aromatic carbocycles. The first-order valence-electron chi connectivity index (χ1n) is 7.02. The van der Waals surface area contributed by atoms with Gasteiger partial charge in [-0.25, -0.2) is 4.98 Å². The lowest BCUT2D eigenvalue weighted by Crippen LogP contribution is -2.16. The zero-order valence-corrected chi connectivity index (χ0v) is 10.9. The first kappa shape index (κ1) is 12.6. The van der Waals surface area contributed by atoms with Gasteiger partial charge in [-0.15, -0.1) is 0 Å². The molecule has 1 aromatic heterocycles. The van der Waals surface area contributed by atoms with Crippen LogP contribution in [0.5, 0.6) is 0 Å². The molecule has 1 N–H and O–H groups in total. The van der Waals surface area contributed by atoms with Gasteiger partial charge in [0.2, 0.25) is 0 Å². The van der Waals surface area contributed by atoms with Crippen LogP contribution in [0.2, 0.25) is 0 Å². The molecule has 3 heteroatoms. The van der Waals surface area contributed by atoms with Crippen LogP contribution < -0.4 is 5.32 Å². The molecule has 1 heterocycles. The second-order valence-electron chi connectivity index (χ2n) is 5.01. The maximum absolute atomic E-state index is 5.74. The molecule has 0 aliphatic heterocycles. The van der Waals surface area contributed by atoms with Crippen LogP contribution in [0, 0.1) is 5.92 Å². The molecule has 2 rings (SSSR count). The molecule has 1 fully saturated rings. The van der Waals surface area contributed by atoms with Gasteiger partial charge in [-0.05, 0) is 18.9 Å². The normalized spacial score (nSPS) is 16.8. The van der Waals surface area contributed by atoms with Crippen molar-refractivity contribution in [2.75, 3.05) is 13.1 Å². The first-order valence-corrected chi connectivity index (χ1v) is 7.02. The Morgan fingerprint density at radius 3 is 2.94 bits per heavy atom. The third kappa shape index (κ3) is 4.15. The van der Waals surface area contributed by atoms with Gasteiger partial charge in [0.15, 0.2) is 5.89 Å². The smallest absolute Gasteiger partial charge is 0.195 e. The van der Waals surface area contributed by atoms with Crippen molar-refractivity contribution in [3.63, 3.8) is 0 Å². The second-order valence-corrected chi connectivity index (χ2v) is 5.01. The fraction of sp³-hybridized carbons (Fsp3) is 0.786. The van der Waals surface area contributed by atoms with Crippen LogP contribution in [0.15, 0.2) is 10.6 Å². The van der Waals surface area contributed by atoms with Crippen molar-refractivity contribution in [3.05, 3.63) is 17.8 Å². The summed E-state index contributed by atoms with van der Waals surface area (Å²) >= 11 is 0. The zero-order valence-electron chi connectivity index (χ0n) is 10.9. The predicted octanol–water partition coefficient (Wildman–Crippen LogP) is 2.95. The van der Waals surface area contributed by atoms with Crippen LogP contribution in [-0.2, 0) is 12.8 Å². The molecule has 96 valence electrons. The number of likely N-dealkylation sites (N-methyl/N-ethyl adjacent to an activating group) is 1. The molecular weight excluding hydrogens is 212 g/mol. The minimum Gasteiger partial charge on any atom is -0.446 e. The number of nitrogens with zero attached hydrogens (tertiary/aromatic N) is 1. The zero-order chi connectivity index (χ0) is 11.9. The van der Waals surface area contributed by atoms with Crippen LogP contribution in [-0.4, -0.2) is 18.1 Å². The van der Waals surface area contributed by atoms with Crippen molar-refractivity contribution in [1.29, 1.82) is 0 Å². The topological polar surface area (TPSA) is 38.1 Å². The average Bonchev–Trinajstić information content (AvgIpc) is 2.98. The van der Waals surface area contributed by atoms with Crippen molar-refractivity contribution in [3.8, 4) is 0 Å². The van der Waals surface area contributed by atoms with E-state index in [1.807, 2.05) is 6.20 Å². The maximum atomic E-state index is 5.74. The van der Waals surface area contributed by atoms with Crippen molar-refractivity contribution in [2.24, 2.45) is 5.92 Å². The van der Waals surface area contributed by atoms with Gasteiger partial charge in [-0.2, -0.15) is 0 Å². The van der Waals surface area contributed by atoms with Crippen LogP contribution in [0.4, 0.5) is 0 Å². The molecular formula is C14H24N2O. The molecule has 0 spiro atoms. The van der Waals surface area contributed by atoms with Crippen LogP contribution in [0.3, 0.4) is 0 Å². The van der Waals surface area contributed by atoms with Crippen LogP contribution in [0.25, 0.3) is 0 Å². The number of oxazole rings is 1. The van der Waals surface area contributed by atoms with Gasteiger partial charge in [0.05, 0.1) is 6.20 Å². The predicted molar refractivity (Wildman–Crippen MR) is 69.0 cm³/mol. The summed E-state index contributed by atoms with van der Waals surface area (Å²) in [6.07, 6.45) is 10.8. The van der Waals surface area contributed by atoms with Gasteiger partial charge < -0.3 is 9.73 Å². The van der Waals surface area contributed by atoms with Crippen molar-refractivity contribution >= 4 is 0 Å². The highest BCUT2D eigenvalue weighted by atomic mass is 16.4. The van der Waals surface area contributed by atoms with E-state index in [0.29, 0.717) is 0 Å². The van der Waals surface area contributed by atoms with E-state index in [9.17, 15) is 0 Å². The van der Waals surface area contributed by atoms with Crippen molar-refractivity contribution in [2.45, 2.75) is 51.9 Å². The second kappa shape index (κ2) is 6.80. The number of rotatable bonds is 7. The molecule has 3 nitrogen and oxygen atoms in total. The Labute approximate surface area is 104 Å². The Hall–Kier alpha value is -0.830. The summed E-state index contributed by atoms with van der Waals surface area (Å²) in [5.74, 6) is 2.89. The Kier molecular flexibility index (Phi) is 5.05. The van der Waals surface area contributed by atoms with Crippen molar-refractivity contribution < 1.29 is 4.42 Å². The fourth-order valence-corrected chi connectivity index (χ4v) is 2.60. The fourth-order valence-electron chi connectivity index (χ4n) is 2.60. The third-order valence-corrected chi connectivity index (χ3v) is 3.64. The quantitative estimate of drug-likeness (QED) is 0.740. The molecule has 0 unspecified atom stereocenters. The van der Waals surface area contributed by atoms with E-state index in [-0.39, 0.29) is 0 Å². The summed E-state index contributed by atoms with van der Waals surface area (Å²) in [4.78, 5) is 4.33. The Bertz CT molecular complexity index is 316. The number of hydrogen-bond donors (Lipinski definition) is 1. The number of aromatic nitrogens is 1. The minimum absolute atomic E-state index is 0.882. The summed E-state index contributed by atoms with van der Waals surface area (Å²) in [5, 5.41) is 3.28. The Balaban J connectivity index is 1.69. The summed E-state index contributed by atoms with van der Waals surface area (Å²) in [6, 6.07) is 0. The van der Waals surface area contributed by atoms with Gasteiger partial charge in [0.25, 0.3) is 0 Å². The Morgan fingerprint density at radius 2 is 2.18 bits per heavy atom. The van der Waals surface area contributed by atoms with Gasteiger partial charge in [0.1, 0.15) is 5.76 Å². The van der Waals surface area contributed by atoms with Gasteiger partial charge in [-0.3, -0.25) is 0 Å². The molecule has 0 bridgehead atoms. The number of aryl methyl sites for hydroxylation is 1. The lowest BCUT2D eigenvalue weighted by molar-refractivity contribution is 0.419. The molecule has 1 aromatic rings. The lowest BCUT2D eigenvalue weighted by Gasteiger charge is -2.05. The van der Waals surface area contributed by atoms with E-state index >= 15 is 0 Å².